The number of nitrogens with one attached hydrogen (secondary N) is 2. The Kier molecular flexibility index (Phi) is 5.63. The van der Waals surface area contributed by atoms with E-state index in [4.69, 9.17) is 0 Å². The van der Waals surface area contributed by atoms with E-state index >= 15 is 0 Å². The van der Waals surface area contributed by atoms with E-state index in [-0.39, 0.29) is 20.7 Å². The molecule has 0 unspecified atom stereocenters. The van der Waals surface area contributed by atoms with Crippen molar-refractivity contribution in [3.05, 3.63) is 59.9 Å². The molecule has 3 rings (SSSR count). The summed E-state index contributed by atoms with van der Waals surface area (Å²) in [4.78, 5) is 31.4. The van der Waals surface area contributed by atoms with Crippen molar-refractivity contribution in [1.29, 1.82) is 0 Å². The minimum absolute atomic E-state index is 0. The van der Waals surface area contributed by atoms with E-state index in [1.54, 1.807) is 31.3 Å². The average molecular weight is 356 g/mol. The maximum absolute atomic E-state index is 13.2. The molecule has 2 heterocycles. The minimum Gasteiger partial charge on any atom is -0.343 e. The summed E-state index contributed by atoms with van der Waals surface area (Å²) in [7, 11) is 1.73. The number of hydrogen-bond donors (Lipinski definition) is 2. The molecule has 2 aromatic rings. The molecule has 0 bridgehead atoms. The average Bonchev–Trinajstić information content (AvgIpc) is 2.80. The van der Waals surface area contributed by atoms with Crippen LogP contribution in [-0.2, 0) is 22.6 Å². The zero-order valence-corrected chi connectivity index (χ0v) is 15.1. The summed E-state index contributed by atoms with van der Waals surface area (Å²) >= 11 is 0. The first-order valence-corrected chi connectivity index (χ1v) is 8.86. The molecule has 0 saturated heterocycles. The zero-order valence-electron chi connectivity index (χ0n) is 15.1. The van der Waals surface area contributed by atoms with Gasteiger partial charge in [-0.3, -0.25) is 14.6 Å². The number of hydrogen-bond acceptors (Lipinski definition) is 4. The second-order valence-electron chi connectivity index (χ2n) is 6.52. The van der Waals surface area contributed by atoms with Crippen LogP contribution in [-0.4, -0.2) is 35.9 Å². The maximum Gasteiger partial charge on any atom is 0.249 e. The van der Waals surface area contributed by atoms with Crippen molar-refractivity contribution in [3.8, 4) is 0 Å². The summed E-state index contributed by atoms with van der Waals surface area (Å²) in [5, 5.41) is 5.81. The Labute approximate surface area is 156 Å². The van der Waals surface area contributed by atoms with Crippen molar-refractivity contribution in [2.45, 2.75) is 38.4 Å². The van der Waals surface area contributed by atoms with Crippen molar-refractivity contribution >= 4 is 17.5 Å². The van der Waals surface area contributed by atoms with Gasteiger partial charge in [-0.05, 0) is 50.1 Å². The molecule has 0 saturated carbocycles. The first-order valence-electron chi connectivity index (χ1n) is 8.86. The molecule has 0 aliphatic carbocycles. The number of carbonyl (C=O) groups is 2. The van der Waals surface area contributed by atoms with E-state index in [0.29, 0.717) is 13.0 Å². The van der Waals surface area contributed by atoms with E-state index in [9.17, 15) is 9.59 Å². The Morgan fingerprint density at radius 2 is 2.15 bits per heavy atom. The van der Waals surface area contributed by atoms with Gasteiger partial charge >= 0.3 is 0 Å². The van der Waals surface area contributed by atoms with Crippen molar-refractivity contribution in [2.75, 3.05) is 11.9 Å². The fraction of sp³-hybridized carbons (Fsp3) is 0.350. The highest BCUT2D eigenvalue weighted by Crippen LogP contribution is 2.28. The second-order valence-corrected chi connectivity index (χ2v) is 6.52. The highest BCUT2D eigenvalue weighted by Gasteiger charge is 2.32. The van der Waals surface area contributed by atoms with Crippen LogP contribution in [0.3, 0.4) is 0 Å². The van der Waals surface area contributed by atoms with Crippen LogP contribution in [0.4, 0.5) is 5.69 Å². The molecular formula is C20H28N4O2. The number of aromatic nitrogens is 1. The smallest absolute Gasteiger partial charge is 0.249 e. The molecular weight excluding hydrogens is 328 g/mol. The lowest BCUT2D eigenvalue weighted by Gasteiger charge is -2.27. The quantitative estimate of drug-likeness (QED) is 0.861. The molecule has 26 heavy (non-hydrogen) atoms. The summed E-state index contributed by atoms with van der Waals surface area (Å²) in [6.45, 7) is 2.20. The van der Waals surface area contributed by atoms with Gasteiger partial charge in [0.25, 0.3) is 0 Å². The van der Waals surface area contributed by atoms with Crippen molar-refractivity contribution in [2.24, 2.45) is 0 Å². The van der Waals surface area contributed by atoms with Crippen LogP contribution in [0.1, 0.15) is 27.3 Å². The van der Waals surface area contributed by atoms with Gasteiger partial charge < -0.3 is 15.5 Å². The van der Waals surface area contributed by atoms with Crippen molar-refractivity contribution in [3.63, 3.8) is 0 Å². The van der Waals surface area contributed by atoms with Gasteiger partial charge in [-0.1, -0.05) is 24.3 Å². The lowest BCUT2D eigenvalue weighted by molar-refractivity contribution is -0.128. The Balaban J connectivity index is 0.00000196. The van der Waals surface area contributed by atoms with Gasteiger partial charge in [0.05, 0.1) is 12.6 Å². The number of pyridine rings is 1. The summed E-state index contributed by atoms with van der Waals surface area (Å²) in [5.41, 5.74) is 2.97. The Bertz CT molecular complexity index is 789. The third-order valence-electron chi connectivity index (χ3n) is 4.76. The van der Waals surface area contributed by atoms with Crippen LogP contribution in [0.25, 0.3) is 0 Å². The van der Waals surface area contributed by atoms with Crippen LogP contribution in [0, 0.1) is 0 Å². The van der Waals surface area contributed by atoms with Gasteiger partial charge in [0, 0.05) is 20.9 Å². The maximum atomic E-state index is 13.2. The number of para-hydroxylation sites is 1. The molecule has 1 aliphatic heterocycles. The highest BCUT2D eigenvalue weighted by molar-refractivity contribution is 6.00. The number of fused-ring (bicyclic) bond motifs is 1. The summed E-state index contributed by atoms with van der Waals surface area (Å²) in [6.07, 6.45) is 4.80. The largest absolute Gasteiger partial charge is 0.343 e. The standard InChI is InChI=1S/C20H24N4O2.2H2/c1-14(21-2)19(25)23-17-10-9-16-7-3-4-8-18(16)24(20(17)26)13-15-6-5-11-22-12-15;;/h3-8,11-12,14,17,21H,9-10,13H2,1-2H3,(H,23,25);2*1H/t14-,17-;;/m0../s1. The van der Waals surface area contributed by atoms with Gasteiger partial charge in [-0.2, -0.15) is 0 Å². The van der Waals surface area contributed by atoms with Crippen molar-refractivity contribution < 1.29 is 12.4 Å². The van der Waals surface area contributed by atoms with E-state index in [1.165, 1.54) is 0 Å². The SMILES string of the molecule is CN[C@@H](C)C(=O)N[C@H]1CCc2ccccc2N(Cc2cccnc2)C1=O.[HH].[HH]. The number of anilines is 1. The summed E-state index contributed by atoms with van der Waals surface area (Å²) in [6, 6.07) is 10.8. The second kappa shape index (κ2) is 8.10. The number of carbonyl (C=O) groups excluding carboxylic acids is 2. The lowest BCUT2D eigenvalue weighted by atomic mass is 10.1. The predicted molar refractivity (Wildman–Crippen MR) is 105 cm³/mol. The fourth-order valence-corrected chi connectivity index (χ4v) is 3.11. The molecule has 0 spiro atoms. The number of nitrogens with zero attached hydrogens (tertiary/aromatic N) is 2. The lowest BCUT2D eigenvalue weighted by Crippen LogP contribution is -2.52. The summed E-state index contributed by atoms with van der Waals surface area (Å²) < 4.78 is 0. The predicted octanol–water partition coefficient (Wildman–Crippen LogP) is 2.15. The molecule has 0 radical (unpaired) electrons. The van der Waals surface area contributed by atoms with Crippen LogP contribution in [0.5, 0.6) is 0 Å². The molecule has 1 aromatic carbocycles. The summed E-state index contributed by atoms with van der Waals surface area (Å²) in [5.74, 6) is -0.256. The van der Waals surface area contributed by atoms with Gasteiger partial charge in [0.2, 0.25) is 11.8 Å². The van der Waals surface area contributed by atoms with Crippen LogP contribution < -0.4 is 15.5 Å². The number of aryl methyl sites for hydroxylation is 1. The number of amides is 2. The molecule has 2 N–H and O–H groups in total. The molecule has 2 atom stereocenters. The van der Waals surface area contributed by atoms with Crippen LogP contribution in [0.15, 0.2) is 48.8 Å². The Morgan fingerprint density at radius 3 is 2.88 bits per heavy atom. The zero-order chi connectivity index (χ0) is 18.5. The monoisotopic (exact) mass is 356 g/mol. The van der Waals surface area contributed by atoms with E-state index in [2.05, 4.69) is 15.6 Å². The Hall–Kier alpha value is -2.73. The molecule has 6 heteroatoms. The number of likely N-dealkylation sites (N-methyl/N-ethyl adjacent to an activating group) is 1. The molecule has 1 aliphatic rings. The first-order chi connectivity index (χ1) is 12.6. The minimum atomic E-state index is -0.539. The molecule has 0 fully saturated rings. The number of benzene rings is 1. The third kappa shape index (κ3) is 3.91. The van der Waals surface area contributed by atoms with E-state index in [0.717, 1.165) is 23.2 Å². The van der Waals surface area contributed by atoms with Gasteiger partial charge in [-0.15, -0.1) is 0 Å². The molecule has 140 valence electrons. The van der Waals surface area contributed by atoms with Crippen LogP contribution >= 0.6 is 0 Å². The van der Waals surface area contributed by atoms with Gasteiger partial charge in [0.1, 0.15) is 6.04 Å². The highest BCUT2D eigenvalue weighted by atomic mass is 16.2. The normalized spacial score (nSPS) is 18.0. The van der Waals surface area contributed by atoms with E-state index < -0.39 is 6.04 Å². The topological polar surface area (TPSA) is 74.3 Å². The fourth-order valence-electron chi connectivity index (χ4n) is 3.11. The first kappa shape index (κ1) is 18.1. The number of rotatable bonds is 5. The molecule has 2 amide bonds. The van der Waals surface area contributed by atoms with Gasteiger partial charge in [0.15, 0.2) is 0 Å². The van der Waals surface area contributed by atoms with Gasteiger partial charge in [-0.25, -0.2) is 0 Å². The Morgan fingerprint density at radius 1 is 1.35 bits per heavy atom. The molecule has 1 aromatic heterocycles. The van der Waals surface area contributed by atoms with Crippen LogP contribution in [0.2, 0.25) is 0 Å². The third-order valence-corrected chi connectivity index (χ3v) is 4.76. The molecule has 6 nitrogen and oxygen atoms in total. The van der Waals surface area contributed by atoms with Crippen molar-refractivity contribution in [1.82, 2.24) is 15.6 Å². The van der Waals surface area contributed by atoms with E-state index in [1.807, 2.05) is 36.4 Å².